The van der Waals surface area contributed by atoms with Crippen LogP contribution in [0, 0.1) is 0 Å². The third-order valence-corrected chi connectivity index (χ3v) is 2.98. The van der Waals surface area contributed by atoms with Crippen molar-refractivity contribution in [2.45, 2.75) is 13.8 Å². The third kappa shape index (κ3) is 1.34. The van der Waals surface area contributed by atoms with E-state index >= 15 is 0 Å². The molecule has 78 valence electrons. The van der Waals surface area contributed by atoms with E-state index in [0.29, 0.717) is 15.5 Å². The van der Waals surface area contributed by atoms with Gasteiger partial charge in [0.2, 0.25) is 12.0 Å². The lowest BCUT2D eigenvalue weighted by Gasteiger charge is -1.99. The topological polar surface area (TPSA) is 48.6 Å². The van der Waals surface area contributed by atoms with Gasteiger partial charge in [-0.25, -0.2) is 0 Å². The average Bonchev–Trinajstić information content (AvgIpc) is 2.60. The van der Waals surface area contributed by atoms with Gasteiger partial charge in [-0.3, -0.25) is 4.79 Å². The van der Waals surface area contributed by atoms with Crippen LogP contribution in [0.1, 0.15) is 24.3 Å². The number of halogens is 1. The van der Waals surface area contributed by atoms with Crippen molar-refractivity contribution in [1.29, 1.82) is 0 Å². The molecule has 0 radical (unpaired) electrons. The molecule has 0 bridgehead atoms. The molecule has 0 amide bonds. The van der Waals surface area contributed by atoms with Crippen molar-refractivity contribution >= 4 is 27.5 Å². The van der Waals surface area contributed by atoms with Gasteiger partial charge in [0.1, 0.15) is 9.82 Å². The van der Waals surface area contributed by atoms with E-state index in [1.165, 1.54) is 13.8 Å². The van der Waals surface area contributed by atoms with E-state index in [-0.39, 0.29) is 11.5 Å². The summed E-state index contributed by atoms with van der Waals surface area (Å²) in [7, 11) is 0. The number of fused-ring (bicyclic) bond motifs is 1. The predicted octanol–water partition coefficient (Wildman–Crippen LogP) is -0.303. The van der Waals surface area contributed by atoms with Crippen molar-refractivity contribution in [3.8, 4) is 0 Å². The molecule has 2 aromatic rings. The lowest BCUT2D eigenvalue weighted by atomic mass is 10.3. The van der Waals surface area contributed by atoms with Crippen LogP contribution in [0.25, 0.3) is 5.76 Å². The zero-order chi connectivity index (χ0) is 11.2. The lowest BCUT2D eigenvalue weighted by molar-refractivity contribution is -0.616. The van der Waals surface area contributed by atoms with Gasteiger partial charge in [-0.05, 0) is 15.9 Å². The van der Waals surface area contributed by atoms with Crippen molar-refractivity contribution in [2.24, 2.45) is 0 Å². The van der Waals surface area contributed by atoms with E-state index in [0.717, 1.165) is 0 Å². The second kappa shape index (κ2) is 3.34. The van der Waals surface area contributed by atoms with Crippen molar-refractivity contribution < 1.29 is 14.4 Å². The average molecular weight is 269 g/mol. The number of carbonyl (C=O) groups excluding carboxylic acids is 1. The zero-order valence-corrected chi connectivity index (χ0v) is 9.91. The first kappa shape index (κ1) is 10.2. The van der Waals surface area contributed by atoms with Crippen LogP contribution in [-0.4, -0.2) is 10.3 Å². The summed E-state index contributed by atoms with van der Waals surface area (Å²) >= 11 is 3.29. The van der Waals surface area contributed by atoms with Crippen LogP contribution in [0.15, 0.2) is 22.9 Å². The number of hydrogen-bond donors (Lipinski definition) is 0. The van der Waals surface area contributed by atoms with Crippen LogP contribution in [0.2, 0.25) is 0 Å². The van der Waals surface area contributed by atoms with Gasteiger partial charge in [0.25, 0.3) is 5.69 Å². The fourth-order valence-corrected chi connectivity index (χ4v) is 2.58. The lowest BCUT2D eigenvalue weighted by Crippen LogP contribution is -2.34. The molecule has 5 heteroatoms. The number of aromatic nitrogens is 2. The monoisotopic (exact) mass is 268 g/mol. The summed E-state index contributed by atoms with van der Waals surface area (Å²) in [6.07, 6.45) is 3.49. The second-order valence-corrected chi connectivity index (χ2v) is 4.10. The minimum atomic E-state index is -0.0805. The number of ketones is 1. The van der Waals surface area contributed by atoms with Gasteiger partial charge in [-0.1, -0.05) is 11.4 Å². The van der Waals surface area contributed by atoms with E-state index in [1.54, 1.807) is 27.5 Å². The van der Waals surface area contributed by atoms with Gasteiger partial charge in [0.15, 0.2) is 0 Å². The van der Waals surface area contributed by atoms with E-state index in [2.05, 4.69) is 15.9 Å². The Balaban J connectivity index is 3.07. The summed E-state index contributed by atoms with van der Waals surface area (Å²) in [5, 5.41) is 11.9. The SMILES string of the molecule is CC(=O)c1c(Br)/c(=C(\C)[O-])n2ccc[n+]12. The predicted molar refractivity (Wildman–Crippen MR) is 55.1 cm³/mol. The molecule has 0 fully saturated rings. The molecule has 0 spiro atoms. The molecule has 0 N–H and O–H groups in total. The number of carbonyl (C=O) groups is 1. The van der Waals surface area contributed by atoms with Gasteiger partial charge >= 0.3 is 0 Å². The molecule has 0 aromatic carbocycles. The summed E-state index contributed by atoms with van der Waals surface area (Å²) in [5.41, 5.74) is 0.491. The Kier molecular flexibility index (Phi) is 2.26. The Bertz CT molecular complexity index is 596. The number of rotatable bonds is 1. The summed E-state index contributed by atoms with van der Waals surface area (Å²) in [4.78, 5) is 11.4. The number of nitrogens with zero attached hydrogens (tertiary/aromatic N) is 2. The van der Waals surface area contributed by atoms with E-state index < -0.39 is 0 Å². The van der Waals surface area contributed by atoms with Crippen LogP contribution in [-0.2, 0) is 0 Å². The van der Waals surface area contributed by atoms with E-state index in [1.807, 2.05) is 0 Å². The highest BCUT2D eigenvalue weighted by molar-refractivity contribution is 9.10. The summed E-state index contributed by atoms with van der Waals surface area (Å²) in [6.45, 7) is 2.95. The maximum Gasteiger partial charge on any atom is 0.294 e. The van der Waals surface area contributed by atoms with Gasteiger partial charge in [-0.15, -0.1) is 10.3 Å². The van der Waals surface area contributed by atoms with Crippen LogP contribution in [0.3, 0.4) is 0 Å². The molecule has 2 aromatic heterocycles. The molecule has 0 aliphatic rings. The molecule has 0 atom stereocenters. The van der Waals surface area contributed by atoms with Crippen molar-refractivity contribution in [3.05, 3.63) is 34.0 Å². The summed E-state index contributed by atoms with van der Waals surface area (Å²) in [6, 6.07) is 1.78. The molecule has 15 heavy (non-hydrogen) atoms. The molecule has 0 saturated heterocycles. The zero-order valence-electron chi connectivity index (χ0n) is 8.32. The maximum absolute atomic E-state index is 11.4. The third-order valence-electron chi connectivity index (χ3n) is 2.23. The molecule has 0 saturated carbocycles. The number of hydrogen-bond acceptors (Lipinski definition) is 2. The molecule has 2 heterocycles. The first-order valence-electron chi connectivity index (χ1n) is 4.43. The molecular weight excluding hydrogens is 260 g/mol. The molecular formula is C10H9BrN2O2. The molecule has 0 aliphatic heterocycles. The second-order valence-electron chi connectivity index (χ2n) is 3.30. The van der Waals surface area contributed by atoms with Crippen LogP contribution >= 0.6 is 15.9 Å². The standard InChI is InChI=1S/C10H9BrN2O2/c1-6(14)9-8(11)10(7(2)15)13-5-3-4-12(9)13/h3-5H,1-2H3. The van der Waals surface area contributed by atoms with Crippen molar-refractivity contribution in [3.63, 3.8) is 0 Å². The quantitative estimate of drug-likeness (QED) is 0.527. The normalized spacial score (nSPS) is 13.3. The molecule has 2 rings (SSSR count). The Hall–Kier alpha value is -1.36. The molecule has 0 aliphatic carbocycles. The van der Waals surface area contributed by atoms with Crippen LogP contribution in [0.4, 0.5) is 0 Å². The van der Waals surface area contributed by atoms with Gasteiger partial charge in [-0.2, -0.15) is 0 Å². The fourth-order valence-electron chi connectivity index (χ4n) is 1.65. The van der Waals surface area contributed by atoms with E-state index in [4.69, 9.17) is 0 Å². The van der Waals surface area contributed by atoms with Crippen molar-refractivity contribution in [1.82, 2.24) is 4.52 Å². The largest absolute Gasteiger partial charge is 0.874 e. The van der Waals surface area contributed by atoms with Crippen LogP contribution in [0.5, 0.6) is 0 Å². The Morgan fingerprint density at radius 3 is 2.73 bits per heavy atom. The first-order chi connectivity index (χ1) is 7.04. The summed E-state index contributed by atoms with van der Waals surface area (Å²) in [5.74, 6) is -0.161. The number of Topliss-reactive ketones (excluding diaryl/α,β-unsaturated/α-hetero) is 1. The van der Waals surface area contributed by atoms with Gasteiger partial charge in [0, 0.05) is 13.0 Å². The van der Waals surface area contributed by atoms with Crippen LogP contribution < -0.4 is 15.0 Å². The Morgan fingerprint density at radius 1 is 1.53 bits per heavy atom. The fraction of sp³-hybridized carbons (Fsp3) is 0.200. The highest BCUT2D eigenvalue weighted by atomic mass is 79.9. The van der Waals surface area contributed by atoms with Crippen molar-refractivity contribution in [2.75, 3.05) is 0 Å². The smallest absolute Gasteiger partial charge is 0.294 e. The first-order valence-corrected chi connectivity index (χ1v) is 5.22. The highest BCUT2D eigenvalue weighted by Crippen LogP contribution is 2.09. The highest BCUT2D eigenvalue weighted by Gasteiger charge is 2.24. The van der Waals surface area contributed by atoms with Gasteiger partial charge in [0.05, 0.1) is 6.20 Å². The Morgan fingerprint density at radius 2 is 2.20 bits per heavy atom. The molecule has 0 unspecified atom stereocenters. The van der Waals surface area contributed by atoms with Gasteiger partial charge < -0.3 is 5.11 Å². The minimum Gasteiger partial charge on any atom is -0.874 e. The summed E-state index contributed by atoms with van der Waals surface area (Å²) < 4.78 is 3.87. The maximum atomic E-state index is 11.4. The Labute approximate surface area is 94.5 Å². The minimum absolute atomic E-state index is 0.0805. The molecule has 4 nitrogen and oxygen atoms in total. The van der Waals surface area contributed by atoms with E-state index in [9.17, 15) is 9.90 Å².